The molecule has 9 nitrogen and oxygen atoms in total. The van der Waals surface area contributed by atoms with E-state index in [2.05, 4.69) is 5.32 Å². The molecule has 1 aliphatic heterocycles. The molecule has 0 bridgehead atoms. The van der Waals surface area contributed by atoms with Crippen molar-refractivity contribution >= 4 is 17.3 Å². The summed E-state index contributed by atoms with van der Waals surface area (Å²) >= 11 is 0. The summed E-state index contributed by atoms with van der Waals surface area (Å²) < 4.78 is 15.9. The zero-order chi connectivity index (χ0) is 20.8. The predicted molar refractivity (Wildman–Crippen MR) is 105 cm³/mol. The molecule has 2 N–H and O–H groups in total. The van der Waals surface area contributed by atoms with Gasteiger partial charge in [0, 0.05) is 23.4 Å². The quantitative estimate of drug-likeness (QED) is 0.512. The molecule has 1 aliphatic rings. The number of hydrogen-bond acceptors (Lipinski definition) is 6. The molecule has 1 atom stereocenters. The van der Waals surface area contributed by atoms with E-state index in [-0.39, 0.29) is 31.5 Å². The average Bonchev–Trinajstić information content (AvgIpc) is 2.73. The van der Waals surface area contributed by atoms with Gasteiger partial charge < -0.3 is 24.4 Å². The topological polar surface area (TPSA) is 104 Å². The minimum absolute atomic E-state index is 0.00834. The molecule has 0 fully saturated rings. The number of methoxy groups -OCH3 is 1. The third kappa shape index (κ3) is 5.21. The lowest BCUT2D eigenvalue weighted by molar-refractivity contribution is -0.903. The second-order valence-corrected chi connectivity index (χ2v) is 6.69. The lowest BCUT2D eigenvalue weighted by Gasteiger charge is -2.23. The van der Waals surface area contributed by atoms with Gasteiger partial charge in [-0.3, -0.25) is 14.9 Å². The van der Waals surface area contributed by atoms with Crippen LogP contribution >= 0.6 is 0 Å². The van der Waals surface area contributed by atoms with Crippen LogP contribution in [-0.4, -0.2) is 37.8 Å². The summed E-state index contributed by atoms with van der Waals surface area (Å²) in [6, 6.07) is 10.1. The normalized spacial score (nSPS) is 13.7. The first kappa shape index (κ1) is 20.6. The molecule has 9 heteroatoms. The fraction of sp³-hybridized carbons (Fsp3) is 0.350. The highest BCUT2D eigenvalue weighted by molar-refractivity contribution is 5.91. The van der Waals surface area contributed by atoms with Crippen LogP contribution in [0.5, 0.6) is 11.5 Å². The Kier molecular flexibility index (Phi) is 6.63. The van der Waals surface area contributed by atoms with Gasteiger partial charge in [-0.15, -0.1) is 0 Å². The van der Waals surface area contributed by atoms with E-state index in [0.717, 1.165) is 4.90 Å². The molecule has 154 valence electrons. The Balaban J connectivity index is 1.71. The van der Waals surface area contributed by atoms with Gasteiger partial charge in [0.25, 0.3) is 11.6 Å². The second-order valence-electron chi connectivity index (χ2n) is 6.69. The van der Waals surface area contributed by atoms with Crippen molar-refractivity contribution in [3.8, 4) is 11.5 Å². The summed E-state index contributed by atoms with van der Waals surface area (Å²) in [6.45, 7) is 3.65. The van der Waals surface area contributed by atoms with Gasteiger partial charge in [0.05, 0.1) is 30.7 Å². The van der Waals surface area contributed by atoms with Crippen molar-refractivity contribution in [1.29, 1.82) is 0 Å². The number of rotatable bonds is 8. The lowest BCUT2D eigenvalue weighted by Crippen LogP contribution is -3.11. The molecule has 0 spiro atoms. The first-order valence-electron chi connectivity index (χ1n) is 9.28. The number of amides is 1. The maximum Gasteiger partial charge on any atom is 0.279 e. The smallest absolute Gasteiger partial charge is 0.279 e. The number of anilines is 1. The Bertz CT molecular complexity index is 885. The Morgan fingerprint density at radius 2 is 2.07 bits per heavy atom. The van der Waals surface area contributed by atoms with Crippen molar-refractivity contribution in [2.45, 2.75) is 20.1 Å². The summed E-state index contributed by atoms with van der Waals surface area (Å²) in [5.74, 6) is 1.18. The van der Waals surface area contributed by atoms with Crippen LogP contribution in [0.4, 0.5) is 11.4 Å². The van der Waals surface area contributed by atoms with Crippen LogP contribution in [0.1, 0.15) is 18.1 Å². The van der Waals surface area contributed by atoms with E-state index in [9.17, 15) is 14.9 Å². The zero-order valence-electron chi connectivity index (χ0n) is 16.4. The summed E-state index contributed by atoms with van der Waals surface area (Å²) in [7, 11) is 1.58. The number of nitrogens with zero attached hydrogens (tertiary/aromatic N) is 1. The fourth-order valence-corrected chi connectivity index (χ4v) is 3.21. The first-order chi connectivity index (χ1) is 14.0. The number of carbonyl (C=O) groups excluding carboxylic acids is 1. The highest BCUT2D eigenvalue weighted by Gasteiger charge is 2.24. The first-order valence-corrected chi connectivity index (χ1v) is 9.28. The van der Waals surface area contributed by atoms with E-state index in [1.165, 1.54) is 12.1 Å². The van der Waals surface area contributed by atoms with Crippen molar-refractivity contribution in [2.24, 2.45) is 0 Å². The van der Waals surface area contributed by atoms with Crippen LogP contribution in [0, 0.1) is 10.1 Å². The van der Waals surface area contributed by atoms with Gasteiger partial charge >= 0.3 is 0 Å². The second kappa shape index (κ2) is 9.35. The number of fused-ring (bicyclic) bond motifs is 1. The standard InChI is InChI=1S/C20H23N3O6/c1-3-22(11-19(24)21-16-4-6-18(27-2)7-5-16)10-14-8-17(23(25)26)9-15-12-28-13-29-20(14)15/h4-9H,3,10-13H2,1-2H3,(H,21,24)/p+1. The van der Waals surface area contributed by atoms with Crippen molar-refractivity contribution in [3.05, 3.63) is 57.6 Å². The molecule has 2 aromatic carbocycles. The van der Waals surface area contributed by atoms with E-state index >= 15 is 0 Å². The summed E-state index contributed by atoms with van der Waals surface area (Å²) in [5, 5.41) is 14.1. The maximum atomic E-state index is 12.5. The van der Waals surface area contributed by atoms with Crippen LogP contribution in [0.2, 0.25) is 0 Å². The van der Waals surface area contributed by atoms with Gasteiger partial charge in [-0.05, 0) is 31.2 Å². The summed E-state index contributed by atoms with van der Waals surface area (Å²) in [5.41, 5.74) is 2.02. The summed E-state index contributed by atoms with van der Waals surface area (Å²) in [4.78, 5) is 24.3. The van der Waals surface area contributed by atoms with Gasteiger partial charge in [0.15, 0.2) is 13.3 Å². The molecule has 2 aromatic rings. The Labute approximate surface area is 168 Å². The van der Waals surface area contributed by atoms with Crippen LogP contribution in [-0.2, 0) is 22.7 Å². The summed E-state index contributed by atoms with van der Waals surface area (Å²) in [6.07, 6.45) is 0. The van der Waals surface area contributed by atoms with Gasteiger partial charge in [-0.25, -0.2) is 0 Å². The third-order valence-electron chi connectivity index (χ3n) is 4.71. The number of ether oxygens (including phenoxy) is 3. The zero-order valence-corrected chi connectivity index (χ0v) is 16.4. The van der Waals surface area contributed by atoms with Gasteiger partial charge in [-0.1, -0.05) is 0 Å². The molecule has 0 aliphatic carbocycles. The molecule has 29 heavy (non-hydrogen) atoms. The molecular formula is C20H24N3O6+. The average molecular weight is 402 g/mol. The van der Waals surface area contributed by atoms with Crippen molar-refractivity contribution < 1.29 is 28.8 Å². The molecule has 0 aromatic heterocycles. The van der Waals surface area contributed by atoms with Crippen LogP contribution in [0.3, 0.4) is 0 Å². The molecule has 1 heterocycles. The minimum atomic E-state index is -0.430. The number of carbonyl (C=O) groups is 1. The third-order valence-corrected chi connectivity index (χ3v) is 4.71. The van der Waals surface area contributed by atoms with Crippen LogP contribution < -0.4 is 19.7 Å². The molecule has 0 radical (unpaired) electrons. The highest BCUT2D eigenvalue weighted by Crippen LogP contribution is 2.32. The predicted octanol–water partition coefficient (Wildman–Crippen LogP) is 1.51. The van der Waals surface area contributed by atoms with Gasteiger partial charge in [-0.2, -0.15) is 0 Å². The van der Waals surface area contributed by atoms with Gasteiger partial charge in [0.2, 0.25) is 0 Å². The van der Waals surface area contributed by atoms with Crippen molar-refractivity contribution in [2.75, 3.05) is 32.3 Å². The largest absolute Gasteiger partial charge is 0.497 e. The lowest BCUT2D eigenvalue weighted by atomic mass is 10.1. The number of nitro groups is 1. The monoisotopic (exact) mass is 402 g/mol. The minimum Gasteiger partial charge on any atom is -0.497 e. The molecule has 0 saturated heterocycles. The maximum absolute atomic E-state index is 12.5. The molecular weight excluding hydrogens is 378 g/mol. The van der Waals surface area contributed by atoms with E-state index < -0.39 is 4.92 Å². The Hall–Kier alpha value is -3.17. The number of hydrogen-bond donors (Lipinski definition) is 2. The van der Waals surface area contributed by atoms with E-state index in [1.807, 2.05) is 6.92 Å². The molecule has 0 saturated carbocycles. The number of non-ortho nitro benzene ring substituents is 1. The number of nitrogens with one attached hydrogen (secondary N) is 2. The van der Waals surface area contributed by atoms with Crippen molar-refractivity contribution in [3.63, 3.8) is 0 Å². The van der Waals surface area contributed by atoms with Gasteiger partial charge in [0.1, 0.15) is 18.0 Å². The Morgan fingerprint density at radius 3 is 2.72 bits per heavy atom. The number of benzene rings is 2. The fourth-order valence-electron chi connectivity index (χ4n) is 3.21. The van der Waals surface area contributed by atoms with E-state index in [4.69, 9.17) is 14.2 Å². The molecule has 1 unspecified atom stereocenters. The van der Waals surface area contributed by atoms with Crippen molar-refractivity contribution in [1.82, 2.24) is 0 Å². The highest BCUT2D eigenvalue weighted by atomic mass is 16.7. The number of likely N-dealkylation sites (N-methyl/N-ethyl adjacent to an activating group) is 1. The van der Waals surface area contributed by atoms with E-state index in [1.54, 1.807) is 31.4 Å². The molecule has 1 amide bonds. The van der Waals surface area contributed by atoms with Crippen LogP contribution in [0.15, 0.2) is 36.4 Å². The molecule has 3 rings (SSSR count). The Morgan fingerprint density at radius 1 is 1.31 bits per heavy atom. The van der Waals surface area contributed by atoms with E-state index in [0.29, 0.717) is 41.4 Å². The number of quaternary nitrogens is 1. The number of nitro benzene ring substituents is 1. The SMILES string of the molecule is CC[NH+](CC(=O)Nc1ccc(OC)cc1)Cc1cc([N+](=O)[O-])cc2c1OCOC2. The van der Waals surface area contributed by atoms with Crippen LogP contribution in [0.25, 0.3) is 0 Å².